The minimum Gasteiger partial charge on any atom is -0.464 e. The Morgan fingerprint density at radius 2 is 2.10 bits per heavy atom. The molecule has 0 aliphatic carbocycles. The Balaban J connectivity index is 2.31. The van der Waals surface area contributed by atoms with Gasteiger partial charge in [0.25, 0.3) is 5.56 Å². The van der Waals surface area contributed by atoms with E-state index in [0.717, 1.165) is 11.8 Å². The lowest BCUT2D eigenvalue weighted by Crippen LogP contribution is -2.09. The van der Waals surface area contributed by atoms with Crippen molar-refractivity contribution in [2.75, 3.05) is 18.5 Å². The number of hydrogen-bond acceptors (Lipinski definition) is 8. The van der Waals surface area contributed by atoms with Crippen molar-refractivity contribution in [1.82, 2.24) is 24.9 Å². The Kier molecular flexibility index (Phi) is 5.09. The number of H-pyrrole nitrogens is 1. The maximum atomic E-state index is 11.4. The summed E-state index contributed by atoms with van der Waals surface area (Å²) in [6.07, 6.45) is 0. The zero-order chi connectivity index (χ0) is 15.2. The van der Waals surface area contributed by atoms with E-state index in [1.165, 1.54) is 6.07 Å². The number of aromatic nitrogens is 5. The van der Waals surface area contributed by atoms with Gasteiger partial charge in [0.15, 0.2) is 5.16 Å². The monoisotopic (exact) mass is 308 g/mol. The van der Waals surface area contributed by atoms with Gasteiger partial charge in [-0.1, -0.05) is 0 Å². The molecular formula is C12H16N6O2S. The molecule has 2 N–H and O–H groups in total. The fourth-order valence-electron chi connectivity index (χ4n) is 1.50. The third-order valence-corrected chi connectivity index (χ3v) is 2.99. The number of nitrogens with zero attached hydrogens (tertiary/aromatic N) is 4. The molecule has 0 atom stereocenters. The normalized spacial score (nSPS) is 10.4. The lowest BCUT2D eigenvalue weighted by Gasteiger charge is -2.07. The second-order valence-corrected chi connectivity index (χ2v) is 4.94. The molecule has 0 saturated heterocycles. The molecule has 112 valence electrons. The lowest BCUT2D eigenvalue weighted by molar-refractivity contribution is 0.308. The van der Waals surface area contributed by atoms with E-state index in [-0.39, 0.29) is 11.6 Å². The quantitative estimate of drug-likeness (QED) is 0.768. The number of aromatic amines is 1. The molecule has 0 fully saturated rings. The van der Waals surface area contributed by atoms with Crippen LogP contribution in [0.25, 0.3) is 0 Å². The fourth-order valence-corrected chi connectivity index (χ4v) is 2.27. The molecule has 2 aromatic heterocycles. The average molecular weight is 308 g/mol. The fraction of sp³-hybridized carbons (Fsp3) is 0.417. The Morgan fingerprint density at radius 3 is 2.76 bits per heavy atom. The number of rotatable bonds is 6. The van der Waals surface area contributed by atoms with E-state index in [2.05, 4.69) is 30.2 Å². The maximum Gasteiger partial charge on any atom is 0.322 e. The number of hydrogen-bond donors (Lipinski definition) is 2. The Hall–Kier alpha value is -2.16. The summed E-state index contributed by atoms with van der Waals surface area (Å²) in [6.45, 7) is 6.68. The summed E-state index contributed by atoms with van der Waals surface area (Å²) in [6, 6.07) is 1.66. The average Bonchev–Trinajstić information content (AvgIpc) is 2.37. The van der Waals surface area contributed by atoms with E-state index in [1.807, 2.05) is 13.8 Å². The van der Waals surface area contributed by atoms with Gasteiger partial charge in [0.2, 0.25) is 11.1 Å². The van der Waals surface area contributed by atoms with E-state index in [0.29, 0.717) is 35.1 Å². The number of aryl methyl sites for hydroxylation is 1. The molecule has 9 heteroatoms. The van der Waals surface area contributed by atoms with Crippen LogP contribution in [0.5, 0.6) is 6.01 Å². The topological polar surface area (TPSA) is 106 Å². The predicted octanol–water partition coefficient (Wildman–Crippen LogP) is 1.25. The van der Waals surface area contributed by atoms with E-state index < -0.39 is 0 Å². The van der Waals surface area contributed by atoms with Gasteiger partial charge in [0, 0.05) is 18.3 Å². The Labute approximate surface area is 125 Å². The number of ether oxygens (including phenoxy) is 1. The first-order chi connectivity index (χ1) is 10.1. The summed E-state index contributed by atoms with van der Waals surface area (Å²) in [5, 5.41) is 3.84. The molecule has 2 aromatic rings. The molecule has 0 amide bonds. The van der Waals surface area contributed by atoms with Crippen molar-refractivity contribution in [3.05, 3.63) is 22.1 Å². The van der Waals surface area contributed by atoms with E-state index in [4.69, 9.17) is 4.74 Å². The van der Waals surface area contributed by atoms with Gasteiger partial charge in [0.1, 0.15) is 0 Å². The van der Waals surface area contributed by atoms with Crippen molar-refractivity contribution < 1.29 is 4.74 Å². The van der Waals surface area contributed by atoms with Crippen LogP contribution in [0.3, 0.4) is 0 Å². The molecule has 2 rings (SSSR count). The Morgan fingerprint density at radius 1 is 1.29 bits per heavy atom. The van der Waals surface area contributed by atoms with Crippen molar-refractivity contribution in [3.8, 4) is 6.01 Å². The van der Waals surface area contributed by atoms with Crippen LogP contribution in [0, 0.1) is 6.92 Å². The molecule has 2 heterocycles. The van der Waals surface area contributed by atoms with Crippen LogP contribution < -0.4 is 15.6 Å². The van der Waals surface area contributed by atoms with Gasteiger partial charge in [-0.25, -0.2) is 4.98 Å². The highest BCUT2D eigenvalue weighted by Gasteiger charge is 2.10. The summed E-state index contributed by atoms with van der Waals surface area (Å²) >= 11 is 1.15. The molecule has 0 spiro atoms. The molecule has 0 bridgehead atoms. The van der Waals surface area contributed by atoms with Crippen molar-refractivity contribution in [2.45, 2.75) is 31.1 Å². The van der Waals surface area contributed by atoms with Crippen molar-refractivity contribution in [1.29, 1.82) is 0 Å². The Bertz CT molecular complexity index is 651. The molecule has 0 saturated carbocycles. The molecule has 21 heavy (non-hydrogen) atoms. The molecule has 8 nitrogen and oxygen atoms in total. The highest BCUT2D eigenvalue weighted by molar-refractivity contribution is 7.99. The standard InChI is InChI=1S/C12H16N6O2S/c1-4-13-9-16-10(20-5-2)18-12(17-9)21-11-14-7(3)6-8(19)15-11/h6H,4-5H2,1-3H3,(H,14,15,19)(H,13,16,17,18). The lowest BCUT2D eigenvalue weighted by atomic mass is 10.5. The van der Waals surface area contributed by atoms with Gasteiger partial charge in [-0.15, -0.1) is 0 Å². The first-order valence-corrected chi connectivity index (χ1v) is 7.31. The van der Waals surface area contributed by atoms with Gasteiger partial charge in [-0.2, -0.15) is 15.0 Å². The largest absolute Gasteiger partial charge is 0.464 e. The summed E-state index contributed by atoms with van der Waals surface area (Å²) in [5.74, 6) is 0.424. The summed E-state index contributed by atoms with van der Waals surface area (Å²) in [7, 11) is 0. The van der Waals surface area contributed by atoms with Crippen LogP contribution in [0.4, 0.5) is 5.95 Å². The predicted molar refractivity (Wildman–Crippen MR) is 78.9 cm³/mol. The van der Waals surface area contributed by atoms with Gasteiger partial charge in [-0.3, -0.25) is 4.79 Å². The first kappa shape index (κ1) is 15.2. The summed E-state index contributed by atoms with van der Waals surface area (Å²) in [5.41, 5.74) is 0.420. The van der Waals surface area contributed by atoms with Gasteiger partial charge >= 0.3 is 6.01 Å². The van der Waals surface area contributed by atoms with E-state index in [1.54, 1.807) is 6.92 Å². The van der Waals surface area contributed by atoms with E-state index >= 15 is 0 Å². The maximum absolute atomic E-state index is 11.4. The van der Waals surface area contributed by atoms with Crippen LogP contribution in [0.1, 0.15) is 19.5 Å². The van der Waals surface area contributed by atoms with E-state index in [9.17, 15) is 4.79 Å². The highest BCUT2D eigenvalue weighted by Crippen LogP contribution is 2.22. The van der Waals surface area contributed by atoms with Crippen LogP contribution in [-0.4, -0.2) is 38.1 Å². The molecule has 0 aliphatic heterocycles. The number of anilines is 1. The minimum absolute atomic E-state index is 0.212. The van der Waals surface area contributed by atoms with Crippen molar-refractivity contribution >= 4 is 17.7 Å². The van der Waals surface area contributed by atoms with Crippen molar-refractivity contribution in [3.63, 3.8) is 0 Å². The highest BCUT2D eigenvalue weighted by atomic mass is 32.2. The zero-order valence-electron chi connectivity index (χ0n) is 12.0. The number of nitrogens with one attached hydrogen (secondary N) is 2. The zero-order valence-corrected chi connectivity index (χ0v) is 12.8. The molecule has 0 unspecified atom stereocenters. The molecule has 0 radical (unpaired) electrons. The van der Waals surface area contributed by atoms with Crippen LogP contribution in [0.2, 0.25) is 0 Å². The smallest absolute Gasteiger partial charge is 0.322 e. The van der Waals surface area contributed by atoms with Gasteiger partial charge in [-0.05, 0) is 32.5 Å². The summed E-state index contributed by atoms with van der Waals surface area (Å²) < 4.78 is 5.31. The third-order valence-electron chi connectivity index (χ3n) is 2.24. The SMILES string of the molecule is CCNc1nc(OCC)nc(Sc2nc(C)cc(=O)[nH]2)n1. The third kappa shape index (κ3) is 4.42. The van der Waals surface area contributed by atoms with Gasteiger partial charge < -0.3 is 15.0 Å². The molecular weight excluding hydrogens is 292 g/mol. The molecule has 0 aromatic carbocycles. The second-order valence-electron chi connectivity index (χ2n) is 3.98. The van der Waals surface area contributed by atoms with Crippen LogP contribution in [0.15, 0.2) is 21.2 Å². The van der Waals surface area contributed by atoms with Crippen LogP contribution >= 0.6 is 11.8 Å². The van der Waals surface area contributed by atoms with Crippen LogP contribution in [-0.2, 0) is 0 Å². The summed E-state index contributed by atoms with van der Waals surface area (Å²) in [4.78, 5) is 30.9. The molecule has 0 aliphatic rings. The van der Waals surface area contributed by atoms with Gasteiger partial charge in [0.05, 0.1) is 6.61 Å². The second kappa shape index (κ2) is 7.02. The first-order valence-electron chi connectivity index (χ1n) is 6.49. The van der Waals surface area contributed by atoms with Crippen molar-refractivity contribution in [2.24, 2.45) is 0 Å². The minimum atomic E-state index is -0.212.